The van der Waals surface area contributed by atoms with Gasteiger partial charge in [-0.05, 0) is 34.1 Å². The first kappa shape index (κ1) is 12.7. The Hall–Kier alpha value is -0.410. The van der Waals surface area contributed by atoms with E-state index in [-0.39, 0.29) is 5.54 Å². The maximum absolute atomic E-state index is 4.44. The van der Waals surface area contributed by atoms with Gasteiger partial charge in [-0.25, -0.2) is 4.98 Å². The van der Waals surface area contributed by atoms with Crippen LogP contribution < -0.4 is 5.32 Å². The molecule has 0 aliphatic rings. The molecule has 2 nitrogen and oxygen atoms in total. The molecule has 0 radical (unpaired) electrons. The van der Waals surface area contributed by atoms with Gasteiger partial charge in [-0.15, -0.1) is 11.3 Å². The van der Waals surface area contributed by atoms with Gasteiger partial charge in [0.05, 0.1) is 10.7 Å². The van der Waals surface area contributed by atoms with E-state index in [4.69, 9.17) is 0 Å². The summed E-state index contributed by atoms with van der Waals surface area (Å²) in [5, 5.41) is 4.77. The fourth-order valence-electron chi connectivity index (χ4n) is 1.77. The van der Waals surface area contributed by atoms with Crippen molar-refractivity contribution in [2.45, 2.75) is 59.5 Å². The van der Waals surface area contributed by atoms with Gasteiger partial charge in [-0.1, -0.05) is 13.3 Å². The van der Waals surface area contributed by atoms with Crippen molar-refractivity contribution in [2.75, 3.05) is 0 Å². The van der Waals surface area contributed by atoms with Crippen LogP contribution in [-0.4, -0.2) is 10.5 Å². The molecule has 0 saturated carbocycles. The summed E-state index contributed by atoms with van der Waals surface area (Å²) < 4.78 is 0. The van der Waals surface area contributed by atoms with Gasteiger partial charge in [0.25, 0.3) is 0 Å². The zero-order chi connectivity index (χ0) is 11.5. The summed E-state index contributed by atoms with van der Waals surface area (Å²) in [4.78, 5) is 5.81. The van der Waals surface area contributed by atoms with Crippen molar-refractivity contribution in [1.29, 1.82) is 0 Å². The van der Waals surface area contributed by atoms with Crippen LogP contribution in [0.25, 0.3) is 0 Å². The van der Waals surface area contributed by atoms with Crippen LogP contribution >= 0.6 is 11.3 Å². The summed E-state index contributed by atoms with van der Waals surface area (Å²) in [7, 11) is 0. The van der Waals surface area contributed by atoms with Crippen LogP contribution in [0, 0.1) is 13.8 Å². The molecule has 0 unspecified atom stereocenters. The standard InChI is InChI=1S/C12H22N2S/c1-6-7-12(4,5)13-8-11-9(2)14-10(3)15-11/h13H,6-8H2,1-5H3. The van der Waals surface area contributed by atoms with E-state index in [9.17, 15) is 0 Å². The predicted octanol–water partition coefficient (Wildman–Crippen LogP) is 3.43. The van der Waals surface area contributed by atoms with Crippen LogP contribution in [0.3, 0.4) is 0 Å². The van der Waals surface area contributed by atoms with Crippen LogP contribution in [0.1, 0.15) is 49.2 Å². The Morgan fingerprint density at radius 2 is 2.00 bits per heavy atom. The first-order valence-electron chi connectivity index (χ1n) is 5.62. The van der Waals surface area contributed by atoms with E-state index in [1.165, 1.54) is 23.4 Å². The highest BCUT2D eigenvalue weighted by molar-refractivity contribution is 7.11. The normalized spacial score (nSPS) is 12.1. The lowest BCUT2D eigenvalue weighted by Crippen LogP contribution is -2.38. The van der Waals surface area contributed by atoms with E-state index in [1.807, 2.05) is 0 Å². The Morgan fingerprint density at radius 1 is 1.33 bits per heavy atom. The monoisotopic (exact) mass is 226 g/mol. The molecule has 3 heteroatoms. The van der Waals surface area contributed by atoms with Crippen LogP contribution in [0.15, 0.2) is 0 Å². The molecular formula is C12H22N2S. The molecule has 86 valence electrons. The largest absolute Gasteiger partial charge is 0.307 e. The van der Waals surface area contributed by atoms with E-state index >= 15 is 0 Å². The number of aryl methyl sites for hydroxylation is 2. The molecule has 0 aromatic carbocycles. The van der Waals surface area contributed by atoms with Gasteiger partial charge in [0.2, 0.25) is 0 Å². The molecule has 1 heterocycles. The molecule has 1 N–H and O–H groups in total. The Labute approximate surface area is 97.1 Å². The second-order valence-electron chi connectivity index (χ2n) is 4.73. The van der Waals surface area contributed by atoms with Crippen LogP contribution in [0.5, 0.6) is 0 Å². The lowest BCUT2D eigenvalue weighted by Gasteiger charge is -2.25. The van der Waals surface area contributed by atoms with Crippen molar-refractivity contribution >= 4 is 11.3 Å². The first-order valence-corrected chi connectivity index (χ1v) is 6.44. The van der Waals surface area contributed by atoms with Crippen LogP contribution in [0.2, 0.25) is 0 Å². The highest BCUT2D eigenvalue weighted by atomic mass is 32.1. The van der Waals surface area contributed by atoms with Gasteiger partial charge in [-0.2, -0.15) is 0 Å². The van der Waals surface area contributed by atoms with Gasteiger partial charge in [-0.3, -0.25) is 0 Å². The van der Waals surface area contributed by atoms with Gasteiger partial charge in [0, 0.05) is 17.0 Å². The molecule has 0 saturated heterocycles. The van der Waals surface area contributed by atoms with Crippen molar-refractivity contribution in [3.63, 3.8) is 0 Å². The number of aromatic nitrogens is 1. The fraction of sp³-hybridized carbons (Fsp3) is 0.750. The SMILES string of the molecule is CCCC(C)(C)NCc1sc(C)nc1C. The molecular weight excluding hydrogens is 204 g/mol. The molecule has 1 aromatic rings. The summed E-state index contributed by atoms with van der Waals surface area (Å²) in [6.45, 7) is 11.9. The zero-order valence-electron chi connectivity index (χ0n) is 10.5. The lowest BCUT2D eigenvalue weighted by atomic mass is 9.99. The van der Waals surface area contributed by atoms with Crippen molar-refractivity contribution < 1.29 is 0 Å². The Kier molecular flexibility index (Phi) is 4.29. The number of thiazole rings is 1. The second kappa shape index (κ2) is 5.08. The van der Waals surface area contributed by atoms with E-state index in [0.717, 1.165) is 11.6 Å². The van der Waals surface area contributed by atoms with Gasteiger partial charge < -0.3 is 5.32 Å². The minimum absolute atomic E-state index is 0.235. The van der Waals surface area contributed by atoms with Crippen molar-refractivity contribution in [3.05, 3.63) is 15.6 Å². The maximum Gasteiger partial charge on any atom is 0.0900 e. The highest BCUT2D eigenvalue weighted by Crippen LogP contribution is 2.19. The Balaban J connectivity index is 2.53. The molecule has 0 atom stereocenters. The summed E-state index contributed by atoms with van der Waals surface area (Å²) >= 11 is 1.80. The lowest BCUT2D eigenvalue weighted by molar-refractivity contribution is 0.358. The molecule has 0 aliphatic heterocycles. The molecule has 0 amide bonds. The highest BCUT2D eigenvalue weighted by Gasteiger charge is 2.16. The summed E-state index contributed by atoms with van der Waals surface area (Å²) in [6, 6.07) is 0. The topological polar surface area (TPSA) is 24.9 Å². The minimum atomic E-state index is 0.235. The minimum Gasteiger partial charge on any atom is -0.307 e. The van der Waals surface area contributed by atoms with E-state index in [0.29, 0.717) is 0 Å². The van der Waals surface area contributed by atoms with Gasteiger partial charge in [0.1, 0.15) is 0 Å². The fourth-order valence-corrected chi connectivity index (χ4v) is 2.65. The van der Waals surface area contributed by atoms with Gasteiger partial charge >= 0.3 is 0 Å². The predicted molar refractivity (Wildman–Crippen MR) is 67.4 cm³/mol. The van der Waals surface area contributed by atoms with E-state index in [1.54, 1.807) is 11.3 Å². The Bertz CT molecular complexity index is 315. The van der Waals surface area contributed by atoms with E-state index < -0.39 is 0 Å². The zero-order valence-corrected chi connectivity index (χ0v) is 11.3. The summed E-state index contributed by atoms with van der Waals surface area (Å²) in [5.74, 6) is 0. The number of hydrogen-bond acceptors (Lipinski definition) is 3. The number of nitrogens with one attached hydrogen (secondary N) is 1. The number of rotatable bonds is 5. The maximum atomic E-state index is 4.44. The smallest absolute Gasteiger partial charge is 0.0900 e. The van der Waals surface area contributed by atoms with Crippen molar-refractivity contribution in [3.8, 4) is 0 Å². The van der Waals surface area contributed by atoms with Crippen LogP contribution in [-0.2, 0) is 6.54 Å². The number of nitrogens with zero attached hydrogens (tertiary/aromatic N) is 1. The molecule has 0 spiro atoms. The Morgan fingerprint density at radius 3 is 2.47 bits per heavy atom. The van der Waals surface area contributed by atoms with Crippen LogP contribution in [0.4, 0.5) is 0 Å². The molecule has 1 rings (SSSR count). The van der Waals surface area contributed by atoms with E-state index in [2.05, 4.69) is 44.9 Å². The molecule has 15 heavy (non-hydrogen) atoms. The molecule has 0 fully saturated rings. The second-order valence-corrected chi connectivity index (χ2v) is 6.02. The summed E-state index contributed by atoms with van der Waals surface area (Å²) in [6.07, 6.45) is 2.44. The third kappa shape index (κ3) is 3.92. The number of hydrogen-bond donors (Lipinski definition) is 1. The average molecular weight is 226 g/mol. The quantitative estimate of drug-likeness (QED) is 0.832. The average Bonchev–Trinajstić information content (AvgIpc) is 2.42. The van der Waals surface area contributed by atoms with Crippen molar-refractivity contribution in [2.24, 2.45) is 0 Å². The third-order valence-electron chi connectivity index (χ3n) is 2.60. The van der Waals surface area contributed by atoms with Crippen molar-refractivity contribution in [1.82, 2.24) is 10.3 Å². The van der Waals surface area contributed by atoms with Gasteiger partial charge in [0.15, 0.2) is 0 Å². The summed E-state index contributed by atoms with van der Waals surface area (Å²) in [5.41, 5.74) is 1.41. The molecule has 0 bridgehead atoms. The molecule has 1 aromatic heterocycles. The third-order valence-corrected chi connectivity index (χ3v) is 3.67. The first-order chi connectivity index (χ1) is 6.94. The molecule has 0 aliphatic carbocycles.